The molecular formula is C33H40FN3O5S. The Morgan fingerprint density at radius 1 is 0.953 bits per heavy atom. The lowest BCUT2D eigenvalue weighted by Gasteiger charge is -2.33. The molecule has 0 heterocycles. The molecule has 1 aliphatic rings. The van der Waals surface area contributed by atoms with Crippen molar-refractivity contribution in [1.29, 1.82) is 0 Å². The van der Waals surface area contributed by atoms with Gasteiger partial charge in [0.05, 0.1) is 17.2 Å². The van der Waals surface area contributed by atoms with Gasteiger partial charge in [0.1, 0.15) is 24.2 Å². The summed E-state index contributed by atoms with van der Waals surface area (Å²) in [5.74, 6) is -0.765. The minimum atomic E-state index is -4.29. The van der Waals surface area contributed by atoms with E-state index in [9.17, 15) is 22.4 Å². The van der Waals surface area contributed by atoms with E-state index in [1.807, 2.05) is 44.2 Å². The predicted octanol–water partition coefficient (Wildman–Crippen LogP) is 5.33. The molecule has 1 atom stereocenters. The number of carbonyl (C=O) groups is 2. The monoisotopic (exact) mass is 609 g/mol. The molecule has 8 nitrogen and oxygen atoms in total. The Hall–Kier alpha value is -3.92. The summed E-state index contributed by atoms with van der Waals surface area (Å²) in [6.45, 7) is 3.81. The fourth-order valence-electron chi connectivity index (χ4n) is 5.40. The van der Waals surface area contributed by atoms with Crippen molar-refractivity contribution in [3.05, 3.63) is 90.2 Å². The normalized spacial score (nSPS) is 14.2. The van der Waals surface area contributed by atoms with Gasteiger partial charge in [-0.3, -0.25) is 13.9 Å². The molecule has 10 heteroatoms. The van der Waals surface area contributed by atoms with Gasteiger partial charge in [-0.15, -0.1) is 0 Å². The Balaban J connectivity index is 1.67. The molecule has 3 aromatic carbocycles. The van der Waals surface area contributed by atoms with Crippen molar-refractivity contribution in [2.24, 2.45) is 0 Å². The van der Waals surface area contributed by atoms with Crippen molar-refractivity contribution < 1.29 is 27.1 Å². The van der Waals surface area contributed by atoms with Crippen molar-refractivity contribution in [2.45, 2.75) is 69.4 Å². The summed E-state index contributed by atoms with van der Waals surface area (Å²) in [5.41, 5.74) is 1.24. The molecule has 230 valence electrons. The van der Waals surface area contributed by atoms with Crippen molar-refractivity contribution in [3.63, 3.8) is 0 Å². The van der Waals surface area contributed by atoms with Crippen LogP contribution in [0.3, 0.4) is 0 Å². The van der Waals surface area contributed by atoms with Crippen LogP contribution in [-0.4, -0.2) is 56.9 Å². The van der Waals surface area contributed by atoms with Gasteiger partial charge in [-0.25, -0.2) is 12.8 Å². The first-order chi connectivity index (χ1) is 20.7. The smallest absolute Gasteiger partial charge is 0.264 e. The highest BCUT2D eigenvalue weighted by atomic mass is 32.2. The highest BCUT2D eigenvalue weighted by molar-refractivity contribution is 7.92. The standard InChI is InChI=1S/C33H40FN3O5S/c1-3-31(33(39)35-27-12-8-9-13-27)36(23-22-25-10-6-5-7-11-25)32(38)24-37(28-16-18-29(19-17-28)42-4-2)43(40,41)30-20-14-26(34)15-21-30/h5-7,10-11,14-21,27,31H,3-4,8-9,12-13,22-24H2,1-2H3,(H,35,39)/t31-/m1/s1. The van der Waals surface area contributed by atoms with E-state index < -0.39 is 34.3 Å². The van der Waals surface area contributed by atoms with E-state index in [4.69, 9.17) is 4.74 Å². The zero-order valence-corrected chi connectivity index (χ0v) is 25.6. The average Bonchev–Trinajstić information content (AvgIpc) is 3.52. The Bertz CT molecular complexity index is 1440. The highest BCUT2D eigenvalue weighted by Crippen LogP contribution is 2.27. The SMILES string of the molecule is CCOc1ccc(N(CC(=O)N(CCc2ccccc2)[C@H](CC)C(=O)NC2CCCC2)S(=O)(=O)c2ccc(F)cc2)cc1. The van der Waals surface area contributed by atoms with Gasteiger partial charge in [-0.2, -0.15) is 0 Å². The molecule has 1 aliphatic carbocycles. The Labute approximate surface area is 253 Å². The first-order valence-electron chi connectivity index (χ1n) is 14.9. The second kappa shape index (κ2) is 15.0. The lowest BCUT2D eigenvalue weighted by Crippen LogP contribution is -2.54. The van der Waals surface area contributed by atoms with Gasteiger partial charge in [-0.05, 0) is 86.7 Å². The molecule has 0 unspecified atom stereocenters. The van der Waals surface area contributed by atoms with E-state index in [0.29, 0.717) is 25.2 Å². The fraction of sp³-hybridized carbons (Fsp3) is 0.394. The maximum absolute atomic E-state index is 14.1. The van der Waals surface area contributed by atoms with Gasteiger partial charge in [-0.1, -0.05) is 50.1 Å². The number of carbonyl (C=O) groups excluding carboxylic acids is 2. The number of benzene rings is 3. The third-order valence-electron chi connectivity index (χ3n) is 7.69. The topological polar surface area (TPSA) is 96.0 Å². The average molecular weight is 610 g/mol. The summed E-state index contributed by atoms with van der Waals surface area (Å²) in [7, 11) is -4.29. The number of hydrogen-bond donors (Lipinski definition) is 1. The summed E-state index contributed by atoms with van der Waals surface area (Å²) in [6, 6.07) is 19.8. The molecule has 0 aromatic heterocycles. The van der Waals surface area contributed by atoms with Crippen LogP contribution in [0.15, 0.2) is 83.8 Å². The Kier molecular flexibility index (Phi) is 11.2. The first kappa shape index (κ1) is 32.0. The first-order valence-corrected chi connectivity index (χ1v) is 16.3. The summed E-state index contributed by atoms with van der Waals surface area (Å²) in [4.78, 5) is 29.0. The van der Waals surface area contributed by atoms with Crippen molar-refractivity contribution in [2.75, 3.05) is 24.0 Å². The van der Waals surface area contributed by atoms with E-state index in [2.05, 4.69) is 5.32 Å². The van der Waals surface area contributed by atoms with Crippen LogP contribution in [0.25, 0.3) is 0 Å². The van der Waals surface area contributed by atoms with Gasteiger partial charge in [0.25, 0.3) is 10.0 Å². The van der Waals surface area contributed by atoms with Crippen molar-refractivity contribution >= 4 is 27.5 Å². The molecule has 0 bridgehead atoms. The zero-order chi connectivity index (χ0) is 30.8. The van der Waals surface area contributed by atoms with E-state index in [-0.39, 0.29) is 29.1 Å². The Morgan fingerprint density at radius 3 is 2.21 bits per heavy atom. The highest BCUT2D eigenvalue weighted by Gasteiger charge is 2.34. The number of halogens is 1. The number of ether oxygens (including phenoxy) is 1. The van der Waals surface area contributed by atoms with Gasteiger partial charge in [0.15, 0.2) is 0 Å². The molecule has 3 aromatic rings. The molecule has 4 rings (SSSR count). The number of hydrogen-bond acceptors (Lipinski definition) is 5. The molecule has 43 heavy (non-hydrogen) atoms. The minimum Gasteiger partial charge on any atom is -0.494 e. The fourth-order valence-corrected chi connectivity index (χ4v) is 6.82. The zero-order valence-electron chi connectivity index (χ0n) is 24.7. The minimum absolute atomic E-state index is 0.0758. The van der Waals surface area contributed by atoms with Gasteiger partial charge < -0.3 is 15.0 Å². The molecule has 0 aliphatic heterocycles. The third kappa shape index (κ3) is 8.34. The largest absolute Gasteiger partial charge is 0.494 e. The lowest BCUT2D eigenvalue weighted by molar-refractivity contribution is -0.139. The van der Waals surface area contributed by atoms with E-state index >= 15 is 0 Å². The molecule has 1 fully saturated rings. The van der Waals surface area contributed by atoms with Crippen LogP contribution < -0.4 is 14.4 Å². The van der Waals surface area contributed by atoms with Crippen LogP contribution in [0.5, 0.6) is 5.75 Å². The van der Waals surface area contributed by atoms with Crippen molar-refractivity contribution in [3.8, 4) is 5.75 Å². The number of amides is 2. The second-order valence-corrected chi connectivity index (χ2v) is 12.5. The van der Waals surface area contributed by atoms with Gasteiger partial charge >= 0.3 is 0 Å². The van der Waals surface area contributed by atoms with Crippen LogP contribution in [0, 0.1) is 5.82 Å². The molecular weight excluding hydrogens is 569 g/mol. The third-order valence-corrected chi connectivity index (χ3v) is 9.48. The number of rotatable bonds is 14. The quantitative estimate of drug-likeness (QED) is 0.267. The van der Waals surface area contributed by atoms with E-state index in [0.717, 1.165) is 47.7 Å². The van der Waals surface area contributed by atoms with Crippen LogP contribution in [0.1, 0.15) is 51.5 Å². The van der Waals surface area contributed by atoms with Crippen LogP contribution >= 0.6 is 0 Å². The van der Waals surface area contributed by atoms with Crippen molar-refractivity contribution in [1.82, 2.24) is 10.2 Å². The van der Waals surface area contributed by atoms with E-state index in [1.165, 1.54) is 17.0 Å². The maximum Gasteiger partial charge on any atom is 0.264 e. The molecule has 0 radical (unpaired) electrons. The van der Waals surface area contributed by atoms with Gasteiger partial charge in [0.2, 0.25) is 11.8 Å². The molecule has 1 saturated carbocycles. The molecule has 2 amide bonds. The van der Waals surface area contributed by atoms with E-state index in [1.54, 1.807) is 24.3 Å². The lowest BCUT2D eigenvalue weighted by atomic mass is 10.1. The summed E-state index contributed by atoms with van der Waals surface area (Å²) < 4.78 is 48.0. The summed E-state index contributed by atoms with van der Waals surface area (Å²) in [6.07, 6.45) is 4.77. The van der Waals surface area contributed by atoms with Crippen LogP contribution in [0.2, 0.25) is 0 Å². The summed E-state index contributed by atoms with van der Waals surface area (Å²) >= 11 is 0. The number of nitrogens with zero attached hydrogens (tertiary/aromatic N) is 2. The molecule has 1 N–H and O–H groups in total. The Morgan fingerprint density at radius 2 is 1.60 bits per heavy atom. The number of sulfonamides is 1. The molecule has 0 saturated heterocycles. The number of nitrogens with one attached hydrogen (secondary N) is 1. The second-order valence-electron chi connectivity index (χ2n) is 10.6. The molecule has 0 spiro atoms. The van der Waals surface area contributed by atoms with Crippen LogP contribution in [-0.2, 0) is 26.0 Å². The summed E-state index contributed by atoms with van der Waals surface area (Å²) in [5, 5.41) is 3.11. The van der Waals surface area contributed by atoms with Crippen LogP contribution in [0.4, 0.5) is 10.1 Å². The predicted molar refractivity (Wildman–Crippen MR) is 165 cm³/mol. The maximum atomic E-state index is 14.1. The van der Waals surface area contributed by atoms with Gasteiger partial charge in [0, 0.05) is 12.6 Å². The number of anilines is 1.